The fraction of sp³-hybridized carbons (Fsp3) is 0.562. The highest BCUT2D eigenvalue weighted by molar-refractivity contribution is 7.99. The van der Waals surface area contributed by atoms with Crippen molar-refractivity contribution < 1.29 is 4.79 Å². The molecule has 124 valence electrons. The summed E-state index contributed by atoms with van der Waals surface area (Å²) in [6, 6.07) is 7.99. The molecule has 0 aromatic heterocycles. The van der Waals surface area contributed by atoms with Crippen LogP contribution in [0, 0.1) is 5.92 Å². The van der Waals surface area contributed by atoms with Gasteiger partial charge in [-0.15, -0.1) is 24.2 Å². The smallest absolute Gasteiger partial charge is 0.221 e. The molecule has 1 aromatic carbocycles. The maximum absolute atomic E-state index is 12.0. The zero-order valence-corrected chi connectivity index (χ0v) is 15.0. The molecule has 1 aliphatic rings. The number of nitrogens with two attached hydrogens (primary N) is 1. The second-order valence-electron chi connectivity index (χ2n) is 5.51. The lowest BCUT2D eigenvalue weighted by molar-refractivity contribution is -0.121. The van der Waals surface area contributed by atoms with E-state index in [1.807, 2.05) is 24.3 Å². The van der Waals surface area contributed by atoms with Gasteiger partial charge in [0.25, 0.3) is 0 Å². The van der Waals surface area contributed by atoms with Crippen molar-refractivity contribution in [2.75, 3.05) is 12.3 Å². The maximum atomic E-state index is 12.0. The lowest BCUT2D eigenvalue weighted by Crippen LogP contribution is -2.44. The molecule has 3 nitrogen and oxygen atoms in total. The summed E-state index contributed by atoms with van der Waals surface area (Å²) in [4.78, 5) is 13.2. The minimum Gasteiger partial charge on any atom is -0.353 e. The summed E-state index contributed by atoms with van der Waals surface area (Å²) in [7, 11) is 0. The van der Waals surface area contributed by atoms with Gasteiger partial charge in [-0.1, -0.05) is 24.4 Å². The Bertz CT molecular complexity index is 456. The standard InChI is InChI=1S/C16H23ClN2OS.ClH/c17-13-5-7-14(8-6-13)21-10-9-16(20)19-15-4-2-1-3-12(15)11-18;/h5-8,12,15H,1-4,9-11,18H2,(H,19,20);1H. The molecule has 0 bridgehead atoms. The fourth-order valence-corrected chi connectivity index (χ4v) is 3.73. The van der Waals surface area contributed by atoms with E-state index in [1.165, 1.54) is 12.8 Å². The number of benzene rings is 1. The molecule has 6 heteroatoms. The zero-order chi connectivity index (χ0) is 15.1. The predicted octanol–water partition coefficient (Wildman–Crippen LogP) is 3.88. The van der Waals surface area contributed by atoms with Gasteiger partial charge in [-0.05, 0) is 49.6 Å². The topological polar surface area (TPSA) is 55.1 Å². The van der Waals surface area contributed by atoms with Crippen LogP contribution in [-0.2, 0) is 4.79 Å². The third-order valence-corrected chi connectivity index (χ3v) is 5.24. The Labute approximate surface area is 148 Å². The van der Waals surface area contributed by atoms with Crippen LogP contribution in [0.2, 0.25) is 5.02 Å². The van der Waals surface area contributed by atoms with Gasteiger partial charge >= 0.3 is 0 Å². The normalized spacial score (nSPS) is 21.0. The number of hydrogen-bond acceptors (Lipinski definition) is 3. The van der Waals surface area contributed by atoms with Gasteiger partial charge in [-0.3, -0.25) is 4.79 Å². The SMILES string of the molecule is Cl.NCC1CCCCC1NC(=O)CCSc1ccc(Cl)cc1. The highest BCUT2D eigenvalue weighted by Crippen LogP contribution is 2.24. The van der Waals surface area contributed by atoms with E-state index in [0.717, 1.165) is 28.5 Å². The lowest BCUT2D eigenvalue weighted by Gasteiger charge is -2.31. The predicted molar refractivity (Wildman–Crippen MR) is 97.0 cm³/mol. The summed E-state index contributed by atoms with van der Waals surface area (Å²) < 4.78 is 0. The number of thioether (sulfide) groups is 1. The molecule has 1 aliphatic carbocycles. The molecule has 22 heavy (non-hydrogen) atoms. The molecule has 2 rings (SSSR count). The van der Waals surface area contributed by atoms with Crippen molar-refractivity contribution in [3.05, 3.63) is 29.3 Å². The molecule has 1 amide bonds. The zero-order valence-electron chi connectivity index (χ0n) is 12.6. The summed E-state index contributed by atoms with van der Waals surface area (Å²) >= 11 is 7.53. The van der Waals surface area contributed by atoms with E-state index in [0.29, 0.717) is 18.9 Å². The van der Waals surface area contributed by atoms with Crippen molar-refractivity contribution in [1.29, 1.82) is 0 Å². The van der Waals surface area contributed by atoms with Crippen LogP contribution in [0.15, 0.2) is 29.2 Å². The van der Waals surface area contributed by atoms with Crippen LogP contribution in [-0.4, -0.2) is 24.2 Å². The molecule has 2 unspecified atom stereocenters. The van der Waals surface area contributed by atoms with E-state index < -0.39 is 0 Å². The Morgan fingerprint density at radius 2 is 1.95 bits per heavy atom. The van der Waals surface area contributed by atoms with E-state index in [-0.39, 0.29) is 24.4 Å². The first-order valence-electron chi connectivity index (χ1n) is 7.57. The van der Waals surface area contributed by atoms with Crippen LogP contribution in [0.1, 0.15) is 32.1 Å². The van der Waals surface area contributed by atoms with Crippen molar-refractivity contribution in [1.82, 2.24) is 5.32 Å². The highest BCUT2D eigenvalue weighted by Gasteiger charge is 2.24. The van der Waals surface area contributed by atoms with Gasteiger partial charge in [-0.2, -0.15) is 0 Å². The quantitative estimate of drug-likeness (QED) is 0.755. The number of nitrogens with one attached hydrogen (secondary N) is 1. The Kier molecular flexibility index (Phi) is 9.25. The number of carbonyl (C=O) groups excluding carboxylic acids is 1. The van der Waals surface area contributed by atoms with E-state index in [2.05, 4.69) is 5.32 Å². The second kappa shape index (κ2) is 10.4. The number of carbonyl (C=O) groups is 1. The Morgan fingerprint density at radius 3 is 2.64 bits per heavy atom. The van der Waals surface area contributed by atoms with Gasteiger partial charge < -0.3 is 11.1 Å². The molecular weight excluding hydrogens is 339 g/mol. The van der Waals surface area contributed by atoms with E-state index in [1.54, 1.807) is 11.8 Å². The first-order chi connectivity index (χ1) is 10.2. The first-order valence-corrected chi connectivity index (χ1v) is 8.93. The summed E-state index contributed by atoms with van der Waals surface area (Å²) in [6.07, 6.45) is 5.18. The van der Waals surface area contributed by atoms with E-state index >= 15 is 0 Å². The molecule has 0 aliphatic heterocycles. The van der Waals surface area contributed by atoms with Gasteiger partial charge in [0.2, 0.25) is 5.91 Å². The van der Waals surface area contributed by atoms with Crippen LogP contribution >= 0.6 is 35.8 Å². The molecule has 2 atom stereocenters. The van der Waals surface area contributed by atoms with Gasteiger partial charge in [0.1, 0.15) is 0 Å². The fourth-order valence-electron chi connectivity index (χ4n) is 2.75. The Hall–Kier alpha value is -0.420. The minimum absolute atomic E-state index is 0. The number of halogens is 2. The molecule has 1 aromatic rings. The number of rotatable bonds is 6. The maximum Gasteiger partial charge on any atom is 0.221 e. The molecule has 0 saturated heterocycles. The van der Waals surface area contributed by atoms with Crippen LogP contribution in [0.25, 0.3) is 0 Å². The highest BCUT2D eigenvalue weighted by atomic mass is 35.5. The summed E-state index contributed by atoms with van der Waals surface area (Å²) in [5.41, 5.74) is 5.79. The largest absolute Gasteiger partial charge is 0.353 e. The molecule has 0 heterocycles. The van der Waals surface area contributed by atoms with Crippen LogP contribution in [0.3, 0.4) is 0 Å². The average molecular weight is 363 g/mol. The third-order valence-electron chi connectivity index (χ3n) is 3.97. The second-order valence-corrected chi connectivity index (χ2v) is 7.11. The average Bonchev–Trinajstić information content (AvgIpc) is 2.50. The molecule has 0 radical (unpaired) electrons. The Balaban J connectivity index is 0.00000242. The van der Waals surface area contributed by atoms with Crippen molar-refractivity contribution in [2.45, 2.75) is 43.0 Å². The van der Waals surface area contributed by atoms with E-state index in [9.17, 15) is 4.79 Å². The van der Waals surface area contributed by atoms with Gasteiger partial charge in [-0.25, -0.2) is 0 Å². The van der Waals surface area contributed by atoms with Crippen molar-refractivity contribution in [3.63, 3.8) is 0 Å². The van der Waals surface area contributed by atoms with Crippen LogP contribution in [0.4, 0.5) is 0 Å². The van der Waals surface area contributed by atoms with Gasteiger partial charge in [0, 0.05) is 28.1 Å². The van der Waals surface area contributed by atoms with Crippen LogP contribution < -0.4 is 11.1 Å². The van der Waals surface area contributed by atoms with Crippen molar-refractivity contribution in [3.8, 4) is 0 Å². The lowest BCUT2D eigenvalue weighted by atomic mass is 9.84. The monoisotopic (exact) mass is 362 g/mol. The van der Waals surface area contributed by atoms with Crippen molar-refractivity contribution in [2.24, 2.45) is 11.7 Å². The summed E-state index contributed by atoms with van der Waals surface area (Å²) in [5, 5.41) is 3.90. The molecule has 1 saturated carbocycles. The summed E-state index contributed by atoms with van der Waals surface area (Å²) in [5.74, 6) is 1.38. The third kappa shape index (κ3) is 6.37. The molecular formula is C16H24Cl2N2OS. The Morgan fingerprint density at radius 1 is 1.27 bits per heavy atom. The summed E-state index contributed by atoms with van der Waals surface area (Å²) in [6.45, 7) is 0.671. The van der Waals surface area contributed by atoms with Gasteiger partial charge in [0.15, 0.2) is 0 Å². The first kappa shape index (κ1) is 19.6. The molecule has 0 spiro atoms. The number of amides is 1. The minimum atomic E-state index is 0. The van der Waals surface area contributed by atoms with E-state index in [4.69, 9.17) is 17.3 Å². The molecule has 1 fully saturated rings. The van der Waals surface area contributed by atoms with Crippen LogP contribution in [0.5, 0.6) is 0 Å². The van der Waals surface area contributed by atoms with Gasteiger partial charge in [0.05, 0.1) is 0 Å². The number of hydrogen-bond donors (Lipinski definition) is 2. The van der Waals surface area contributed by atoms with Crippen molar-refractivity contribution >= 4 is 41.7 Å². The molecule has 3 N–H and O–H groups in total.